The molecule has 0 aliphatic heterocycles. The molecule has 15 heteroatoms. The van der Waals surface area contributed by atoms with E-state index in [9.17, 15) is 34.8 Å². The van der Waals surface area contributed by atoms with Gasteiger partial charge in [-0.05, 0) is 97.9 Å². The number of anilines is 3. The lowest BCUT2D eigenvalue weighted by Crippen LogP contribution is -2.38. The number of sulfonamides is 2. The van der Waals surface area contributed by atoms with Gasteiger partial charge in [0.25, 0.3) is 20.0 Å². The molecular formula is C34H27ClF3N3O6S2. The number of halogens is 4. The first-order chi connectivity index (χ1) is 23.1. The van der Waals surface area contributed by atoms with Gasteiger partial charge < -0.3 is 10.1 Å². The highest BCUT2D eigenvalue weighted by molar-refractivity contribution is 7.93. The lowest BCUT2D eigenvalue weighted by molar-refractivity contribution is -0.137. The molecule has 5 rings (SSSR count). The minimum absolute atomic E-state index is 0.0411. The molecule has 254 valence electrons. The van der Waals surface area contributed by atoms with E-state index in [0.717, 1.165) is 34.1 Å². The van der Waals surface area contributed by atoms with Crippen molar-refractivity contribution in [1.82, 2.24) is 0 Å². The standard InChI is InChI=1S/C34H27ClF3N3O6S2/c1-23-7-16-30(17-8-23)49(45,46)41(26-12-14-28(15-13-26)47-27-5-3-2-4-6-27)22-33(42)39-24-9-18-29(19-10-24)48(43,44)40-25-11-20-32(35)31(21-25)34(36,37)38/h2-21,40H,22H2,1H3,(H,39,42). The number of para-hydroxylation sites is 1. The second kappa shape index (κ2) is 14.2. The number of benzene rings is 5. The van der Waals surface area contributed by atoms with Gasteiger partial charge >= 0.3 is 6.18 Å². The fourth-order valence-electron chi connectivity index (χ4n) is 4.53. The van der Waals surface area contributed by atoms with E-state index in [2.05, 4.69) is 10.0 Å². The summed E-state index contributed by atoms with van der Waals surface area (Å²) in [5.74, 6) is 0.275. The molecule has 0 heterocycles. The van der Waals surface area contributed by atoms with Gasteiger partial charge in [0.2, 0.25) is 5.91 Å². The monoisotopic (exact) mass is 729 g/mol. The van der Waals surface area contributed by atoms with Crippen LogP contribution < -0.4 is 19.1 Å². The lowest BCUT2D eigenvalue weighted by Gasteiger charge is -2.24. The molecule has 0 saturated heterocycles. The lowest BCUT2D eigenvalue weighted by atomic mass is 10.2. The van der Waals surface area contributed by atoms with Crippen LogP contribution in [0, 0.1) is 6.92 Å². The Bertz CT molecular complexity index is 2170. The van der Waals surface area contributed by atoms with Crippen LogP contribution in [0.25, 0.3) is 0 Å². The van der Waals surface area contributed by atoms with E-state index in [1.807, 2.05) is 6.07 Å². The first kappa shape index (κ1) is 35.3. The van der Waals surface area contributed by atoms with Gasteiger partial charge in [-0.2, -0.15) is 13.2 Å². The molecule has 0 saturated carbocycles. The van der Waals surface area contributed by atoms with Gasteiger partial charge in [-0.3, -0.25) is 13.8 Å². The average molecular weight is 730 g/mol. The Kier molecular flexibility index (Phi) is 10.2. The first-order valence-electron chi connectivity index (χ1n) is 14.3. The Morgan fingerprint density at radius 2 is 1.33 bits per heavy atom. The van der Waals surface area contributed by atoms with Gasteiger partial charge in [-0.15, -0.1) is 0 Å². The number of carbonyl (C=O) groups excluding carboxylic acids is 1. The molecule has 0 atom stereocenters. The maximum Gasteiger partial charge on any atom is 0.417 e. The summed E-state index contributed by atoms with van der Waals surface area (Å²) in [7, 11) is -8.57. The maximum atomic E-state index is 13.8. The van der Waals surface area contributed by atoms with Crippen LogP contribution in [0.15, 0.2) is 131 Å². The number of rotatable bonds is 11. The molecule has 49 heavy (non-hydrogen) atoms. The van der Waals surface area contributed by atoms with Crippen molar-refractivity contribution in [3.63, 3.8) is 0 Å². The summed E-state index contributed by atoms with van der Waals surface area (Å²) in [5, 5.41) is 1.96. The van der Waals surface area contributed by atoms with Gasteiger partial charge in [-0.1, -0.05) is 47.5 Å². The predicted molar refractivity (Wildman–Crippen MR) is 181 cm³/mol. The molecular weight excluding hydrogens is 703 g/mol. The third-order valence-corrected chi connectivity index (χ3v) is 10.5. The van der Waals surface area contributed by atoms with E-state index in [1.54, 1.807) is 55.5 Å². The molecule has 2 N–H and O–H groups in total. The van der Waals surface area contributed by atoms with Crippen LogP contribution in [0.4, 0.5) is 30.2 Å². The first-order valence-corrected chi connectivity index (χ1v) is 17.6. The van der Waals surface area contributed by atoms with Gasteiger partial charge in [0.1, 0.15) is 18.0 Å². The van der Waals surface area contributed by atoms with E-state index < -0.39 is 49.3 Å². The van der Waals surface area contributed by atoms with Crippen LogP contribution in [-0.2, 0) is 31.0 Å². The molecule has 0 spiro atoms. The topological polar surface area (TPSA) is 122 Å². The molecule has 0 bridgehead atoms. The van der Waals surface area contributed by atoms with E-state index in [-0.39, 0.29) is 26.9 Å². The summed E-state index contributed by atoms with van der Waals surface area (Å²) in [5.41, 5.74) is -0.412. The maximum absolute atomic E-state index is 13.8. The zero-order valence-corrected chi connectivity index (χ0v) is 27.9. The number of amides is 1. The smallest absolute Gasteiger partial charge is 0.417 e. The zero-order chi connectivity index (χ0) is 35.4. The molecule has 0 radical (unpaired) electrons. The Balaban J connectivity index is 1.34. The van der Waals surface area contributed by atoms with Crippen LogP contribution >= 0.6 is 11.6 Å². The third-order valence-electron chi connectivity index (χ3n) is 6.97. The number of aryl methyl sites for hydroxylation is 1. The van der Waals surface area contributed by atoms with Crippen LogP contribution in [0.5, 0.6) is 11.5 Å². The van der Waals surface area contributed by atoms with Crippen molar-refractivity contribution in [3.05, 3.63) is 137 Å². The van der Waals surface area contributed by atoms with Crippen molar-refractivity contribution in [2.24, 2.45) is 0 Å². The fraction of sp³-hybridized carbons (Fsp3) is 0.0882. The Labute approximate surface area is 286 Å². The van der Waals surface area contributed by atoms with E-state index >= 15 is 0 Å². The highest BCUT2D eigenvalue weighted by atomic mass is 35.5. The second-order valence-electron chi connectivity index (χ2n) is 10.6. The molecule has 0 aliphatic rings. The highest BCUT2D eigenvalue weighted by Gasteiger charge is 2.34. The summed E-state index contributed by atoms with van der Waals surface area (Å²) in [4.78, 5) is 12.9. The van der Waals surface area contributed by atoms with Gasteiger partial charge in [0.05, 0.1) is 26.1 Å². The Morgan fingerprint density at radius 1 is 0.755 bits per heavy atom. The molecule has 1 amide bonds. The largest absolute Gasteiger partial charge is 0.457 e. The zero-order valence-electron chi connectivity index (χ0n) is 25.5. The number of ether oxygens (including phenoxy) is 1. The fourth-order valence-corrected chi connectivity index (χ4v) is 7.22. The number of hydrogen-bond acceptors (Lipinski definition) is 6. The van der Waals surface area contributed by atoms with Crippen LogP contribution in [0.2, 0.25) is 5.02 Å². The number of carbonyl (C=O) groups is 1. The van der Waals surface area contributed by atoms with Crippen molar-refractivity contribution < 1.29 is 39.5 Å². The summed E-state index contributed by atoms with van der Waals surface area (Å²) in [6.45, 7) is 1.16. The van der Waals surface area contributed by atoms with Gasteiger partial charge in [-0.25, -0.2) is 16.8 Å². The molecule has 0 unspecified atom stereocenters. The summed E-state index contributed by atoms with van der Waals surface area (Å²) < 4.78 is 102. The van der Waals surface area contributed by atoms with Gasteiger partial charge in [0, 0.05) is 11.4 Å². The van der Waals surface area contributed by atoms with Crippen molar-refractivity contribution in [2.45, 2.75) is 22.9 Å². The molecule has 0 aliphatic carbocycles. The van der Waals surface area contributed by atoms with Crippen LogP contribution in [-0.4, -0.2) is 29.3 Å². The number of nitrogens with one attached hydrogen (secondary N) is 2. The normalized spacial score (nSPS) is 11.9. The SMILES string of the molecule is Cc1ccc(S(=O)(=O)N(CC(=O)Nc2ccc(S(=O)(=O)Nc3ccc(Cl)c(C(F)(F)F)c3)cc2)c2ccc(Oc3ccccc3)cc2)cc1. The Morgan fingerprint density at radius 3 is 1.94 bits per heavy atom. The van der Waals surface area contributed by atoms with Crippen molar-refractivity contribution in [1.29, 1.82) is 0 Å². The second-order valence-corrected chi connectivity index (χ2v) is 14.6. The number of hydrogen-bond donors (Lipinski definition) is 2. The third kappa shape index (κ3) is 8.71. The van der Waals surface area contributed by atoms with Crippen LogP contribution in [0.3, 0.4) is 0 Å². The molecule has 0 aromatic heterocycles. The van der Waals surface area contributed by atoms with E-state index in [1.165, 1.54) is 36.4 Å². The summed E-state index contributed by atoms with van der Waals surface area (Å²) >= 11 is 5.62. The predicted octanol–water partition coefficient (Wildman–Crippen LogP) is 8.09. The number of nitrogens with zero attached hydrogens (tertiary/aromatic N) is 1. The Hall–Kier alpha value is -5.05. The van der Waals surface area contributed by atoms with Crippen molar-refractivity contribution in [3.8, 4) is 11.5 Å². The minimum atomic E-state index is -4.80. The quantitative estimate of drug-likeness (QED) is 0.142. The summed E-state index contributed by atoms with van der Waals surface area (Å²) in [6.07, 6.45) is -4.80. The average Bonchev–Trinajstić information content (AvgIpc) is 3.05. The van der Waals surface area contributed by atoms with E-state index in [0.29, 0.717) is 17.6 Å². The van der Waals surface area contributed by atoms with Crippen LogP contribution in [0.1, 0.15) is 11.1 Å². The van der Waals surface area contributed by atoms with Crippen molar-refractivity contribution in [2.75, 3.05) is 20.9 Å². The molecule has 5 aromatic carbocycles. The minimum Gasteiger partial charge on any atom is -0.457 e. The highest BCUT2D eigenvalue weighted by Crippen LogP contribution is 2.36. The summed E-state index contributed by atoms with van der Waals surface area (Å²) in [6, 6.07) is 28.6. The molecule has 9 nitrogen and oxygen atoms in total. The number of alkyl halides is 3. The molecule has 5 aromatic rings. The van der Waals surface area contributed by atoms with Gasteiger partial charge in [0.15, 0.2) is 0 Å². The molecule has 0 fully saturated rings. The van der Waals surface area contributed by atoms with Crippen molar-refractivity contribution >= 4 is 54.6 Å². The van der Waals surface area contributed by atoms with E-state index in [4.69, 9.17) is 16.3 Å².